The second-order valence-electron chi connectivity index (χ2n) is 3.54. The van der Waals surface area contributed by atoms with Gasteiger partial charge in [-0.05, 0) is 0 Å². The number of hydrogen-bond donors (Lipinski definition) is 0. The van der Waals surface area contributed by atoms with E-state index < -0.39 is 0 Å². The van der Waals surface area contributed by atoms with Crippen molar-refractivity contribution in [3.05, 3.63) is 14.9 Å². The predicted octanol–water partition coefficient (Wildman–Crippen LogP) is 4.80. The molecule has 2 fully saturated rings. The van der Waals surface area contributed by atoms with Crippen molar-refractivity contribution < 1.29 is 17.1 Å². The molecule has 0 saturated heterocycles. The fourth-order valence-corrected chi connectivity index (χ4v) is 1.77. The zero-order valence-corrected chi connectivity index (χ0v) is 10.5. The summed E-state index contributed by atoms with van der Waals surface area (Å²) in [4.78, 5) is 0. The van der Waals surface area contributed by atoms with E-state index in [-0.39, 0.29) is 31.9 Å². The Kier molecular flexibility index (Phi) is 22.1. The maximum absolute atomic E-state index is 1.50. The molecule has 0 amide bonds. The van der Waals surface area contributed by atoms with Gasteiger partial charge in [0.1, 0.15) is 0 Å². The van der Waals surface area contributed by atoms with Crippen molar-refractivity contribution in [3.8, 4) is 0 Å². The topological polar surface area (TPSA) is 0 Å². The van der Waals surface area contributed by atoms with E-state index >= 15 is 0 Å². The van der Waals surface area contributed by atoms with Crippen LogP contribution in [0.15, 0.2) is 0 Å². The molecule has 82 valence electrons. The summed E-state index contributed by atoms with van der Waals surface area (Å²) in [7, 11) is 0. The maximum Gasteiger partial charge on any atom is 2.00 e. The van der Waals surface area contributed by atoms with Crippen LogP contribution < -0.4 is 0 Å². The molecule has 0 aromatic heterocycles. The first kappa shape index (κ1) is 19.1. The molecule has 0 bridgehead atoms. The summed E-state index contributed by atoms with van der Waals surface area (Å²) in [5.41, 5.74) is 0. The monoisotopic (exact) mass is 226 g/mol. The Hall–Kier alpha value is 0.519. The van der Waals surface area contributed by atoms with Gasteiger partial charge in [0.25, 0.3) is 0 Å². The molecule has 0 atom stereocenters. The molecule has 0 N–H and O–H groups in total. The van der Waals surface area contributed by atoms with Crippen molar-refractivity contribution in [2.75, 3.05) is 0 Å². The van der Waals surface area contributed by atoms with Gasteiger partial charge >= 0.3 is 17.1 Å². The van der Waals surface area contributed by atoms with Gasteiger partial charge < -0.3 is 14.9 Å². The Labute approximate surface area is 96.4 Å². The van der Waals surface area contributed by atoms with E-state index in [1.807, 2.05) is 0 Å². The summed E-state index contributed by atoms with van der Waals surface area (Å²) in [6, 6.07) is 0. The molecule has 0 aromatic carbocycles. The molecule has 2 rings (SSSR count). The van der Waals surface area contributed by atoms with Gasteiger partial charge in [-0.3, -0.25) is 0 Å². The molecule has 2 aliphatic rings. The minimum Gasteiger partial charge on any atom is -0.358 e. The molecule has 2 aliphatic carbocycles. The Morgan fingerprint density at radius 3 is 0.462 bits per heavy atom. The van der Waals surface area contributed by atoms with Gasteiger partial charge in [0.05, 0.1) is 0 Å². The van der Waals surface area contributed by atoms with Crippen molar-refractivity contribution >= 4 is 0 Å². The van der Waals surface area contributed by atoms with Crippen molar-refractivity contribution in [2.45, 2.75) is 64.2 Å². The van der Waals surface area contributed by atoms with Gasteiger partial charge in [0, 0.05) is 0 Å². The first-order chi connectivity index (χ1) is 5.00. The van der Waals surface area contributed by atoms with Crippen molar-refractivity contribution in [2.24, 2.45) is 0 Å². The first-order valence-corrected chi connectivity index (χ1v) is 5.00. The SMILES string of the molecule is C1CCCC1.C1CCCC1.[CH3-].[CH3-].[Fe+2]. The van der Waals surface area contributed by atoms with Crippen LogP contribution in [0.3, 0.4) is 0 Å². The van der Waals surface area contributed by atoms with E-state index in [1.54, 1.807) is 0 Å². The Morgan fingerprint density at radius 1 is 0.308 bits per heavy atom. The molecule has 0 heterocycles. The molecule has 0 nitrogen and oxygen atoms in total. The molecule has 0 spiro atoms. The van der Waals surface area contributed by atoms with Crippen LogP contribution in [0.5, 0.6) is 0 Å². The van der Waals surface area contributed by atoms with Gasteiger partial charge in [-0.15, -0.1) is 0 Å². The second-order valence-corrected chi connectivity index (χ2v) is 3.54. The normalized spacial score (nSPS) is 18.5. The summed E-state index contributed by atoms with van der Waals surface area (Å²) in [5, 5.41) is 0. The van der Waals surface area contributed by atoms with Crippen LogP contribution in [0.4, 0.5) is 0 Å². The van der Waals surface area contributed by atoms with Gasteiger partial charge in [-0.25, -0.2) is 0 Å². The van der Waals surface area contributed by atoms with Gasteiger partial charge in [0.2, 0.25) is 0 Å². The van der Waals surface area contributed by atoms with E-state index in [9.17, 15) is 0 Å². The molecule has 2 saturated carbocycles. The Morgan fingerprint density at radius 2 is 0.385 bits per heavy atom. The minimum absolute atomic E-state index is 0. The zero-order chi connectivity index (χ0) is 7.07. The van der Waals surface area contributed by atoms with E-state index in [2.05, 4.69) is 0 Å². The van der Waals surface area contributed by atoms with Crippen LogP contribution in [0.1, 0.15) is 64.2 Å². The predicted molar refractivity (Wildman–Crippen MR) is 59.0 cm³/mol. The molecule has 0 aliphatic heterocycles. The van der Waals surface area contributed by atoms with E-state index in [1.165, 1.54) is 64.2 Å². The van der Waals surface area contributed by atoms with Crippen molar-refractivity contribution in [1.82, 2.24) is 0 Å². The molecular weight excluding hydrogens is 200 g/mol. The summed E-state index contributed by atoms with van der Waals surface area (Å²) < 4.78 is 0. The fraction of sp³-hybridized carbons (Fsp3) is 0.833. The summed E-state index contributed by atoms with van der Waals surface area (Å²) in [6.45, 7) is 0. The van der Waals surface area contributed by atoms with Gasteiger partial charge in [-0.2, -0.15) is 0 Å². The molecular formula is C12H26Fe. The first-order valence-electron chi connectivity index (χ1n) is 5.00. The smallest absolute Gasteiger partial charge is 0.358 e. The third-order valence-corrected chi connectivity index (χ3v) is 2.50. The third-order valence-electron chi connectivity index (χ3n) is 2.50. The van der Waals surface area contributed by atoms with Crippen LogP contribution in [-0.2, 0) is 17.1 Å². The van der Waals surface area contributed by atoms with Crippen LogP contribution in [0, 0.1) is 14.9 Å². The van der Waals surface area contributed by atoms with E-state index in [4.69, 9.17) is 0 Å². The maximum atomic E-state index is 1.50. The second kappa shape index (κ2) is 15.0. The molecule has 1 heteroatoms. The zero-order valence-electron chi connectivity index (χ0n) is 9.42. The summed E-state index contributed by atoms with van der Waals surface area (Å²) >= 11 is 0. The molecule has 0 unspecified atom stereocenters. The van der Waals surface area contributed by atoms with Crippen LogP contribution >= 0.6 is 0 Å². The Bertz CT molecular complexity index is 38.3. The average Bonchev–Trinajstić information content (AvgIpc) is 2.67. The molecule has 0 aromatic rings. The van der Waals surface area contributed by atoms with Crippen LogP contribution in [0.2, 0.25) is 0 Å². The number of hydrogen-bond acceptors (Lipinski definition) is 0. The molecule has 0 radical (unpaired) electrons. The molecule has 13 heavy (non-hydrogen) atoms. The quantitative estimate of drug-likeness (QED) is 0.411. The van der Waals surface area contributed by atoms with E-state index in [0.717, 1.165) is 0 Å². The van der Waals surface area contributed by atoms with Gasteiger partial charge in [-0.1, -0.05) is 64.2 Å². The van der Waals surface area contributed by atoms with Crippen molar-refractivity contribution in [3.63, 3.8) is 0 Å². The van der Waals surface area contributed by atoms with Gasteiger partial charge in [0.15, 0.2) is 0 Å². The minimum atomic E-state index is 0. The van der Waals surface area contributed by atoms with Crippen LogP contribution in [0.25, 0.3) is 0 Å². The van der Waals surface area contributed by atoms with Crippen molar-refractivity contribution in [1.29, 1.82) is 0 Å². The summed E-state index contributed by atoms with van der Waals surface area (Å²) in [6.07, 6.45) is 15.0. The average molecular weight is 226 g/mol. The Balaban J connectivity index is -0.000000125. The van der Waals surface area contributed by atoms with E-state index in [0.29, 0.717) is 0 Å². The largest absolute Gasteiger partial charge is 2.00 e. The summed E-state index contributed by atoms with van der Waals surface area (Å²) in [5.74, 6) is 0. The number of rotatable bonds is 0. The standard InChI is InChI=1S/2C5H10.2CH3.Fe/c2*1-2-4-5-3-1;;;/h2*1-5H2;2*1H3;/q;;2*-1;+2. The fourth-order valence-electron chi connectivity index (χ4n) is 1.77. The van der Waals surface area contributed by atoms with Crippen LogP contribution in [-0.4, -0.2) is 0 Å². The third kappa shape index (κ3) is 12.5.